The number of nitrogens with zero attached hydrogens (tertiary/aromatic N) is 1. The third-order valence-electron chi connectivity index (χ3n) is 8.05. The molecule has 0 spiro atoms. The van der Waals surface area contributed by atoms with Crippen LogP contribution in [0.25, 0.3) is 28.3 Å². The summed E-state index contributed by atoms with van der Waals surface area (Å²) in [6.07, 6.45) is 2.46. The Kier molecular flexibility index (Phi) is 5.98. The first-order valence-corrected chi connectivity index (χ1v) is 13.0. The molecule has 0 bridgehead atoms. The summed E-state index contributed by atoms with van der Waals surface area (Å²) < 4.78 is 0. The Morgan fingerprint density at radius 3 is 1.97 bits per heavy atom. The van der Waals surface area contributed by atoms with Gasteiger partial charge in [-0.15, -0.1) is 0 Å². The Labute approximate surface area is 214 Å². The van der Waals surface area contributed by atoms with Crippen LogP contribution in [0.5, 0.6) is 0 Å². The molecule has 1 atom stereocenters. The van der Waals surface area contributed by atoms with Gasteiger partial charge in [-0.05, 0) is 106 Å². The van der Waals surface area contributed by atoms with Gasteiger partial charge in [0.25, 0.3) is 5.70 Å². The predicted molar refractivity (Wildman–Crippen MR) is 150 cm³/mol. The van der Waals surface area contributed by atoms with Crippen molar-refractivity contribution in [3.8, 4) is 22.3 Å². The van der Waals surface area contributed by atoms with E-state index in [1.54, 1.807) is 0 Å². The van der Waals surface area contributed by atoms with Gasteiger partial charge in [0, 0.05) is 6.08 Å². The molecule has 5 aliphatic rings. The molecular weight excluding hydrogens is 442 g/mol. The van der Waals surface area contributed by atoms with E-state index in [4.69, 9.17) is 0 Å². The number of fused-ring (bicyclic) bond motifs is 1. The van der Waals surface area contributed by atoms with Crippen molar-refractivity contribution in [1.82, 2.24) is 0 Å². The van der Waals surface area contributed by atoms with Crippen LogP contribution in [0.4, 0.5) is 0 Å². The van der Waals surface area contributed by atoms with Gasteiger partial charge >= 0.3 is 0 Å². The fraction of sp³-hybridized carbons (Fsp3) is 0.333. The van der Waals surface area contributed by atoms with Gasteiger partial charge in [0.15, 0.2) is 0 Å². The Bertz CT molecular complexity index is 1470. The zero-order chi connectivity index (χ0) is 25.9. The summed E-state index contributed by atoms with van der Waals surface area (Å²) >= 11 is 0. The van der Waals surface area contributed by atoms with Crippen molar-refractivity contribution in [3.63, 3.8) is 0 Å². The van der Waals surface area contributed by atoms with Crippen molar-refractivity contribution in [2.75, 3.05) is 0 Å². The van der Waals surface area contributed by atoms with Crippen LogP contribution in [-0.4, -0.2) is 4.92 Å². The number of hydrogen-bond donors (Lipinski definition) is 0. The lowest BCUT2D eigenvalue weighted by Crippen LogP contribution is -2.12. The number of rotatable bonds is 4. The first-order valence-electron chi connectivity index (χ1n) is 13.0. The van der Waals surface area contributed by atoms with E-state index in [9.17, 15) is 10.1 Å². The van der Waals surface area contributed by atoms with Crippen LogP contribution >= 0.6 is 0 Å². The molecular formula is C33H35NO2. The normalized spacial score (nSPS) is 15.6. The molecule has 0 heterocycles. The monoisotopic (exact) mass is 477 g/mol. The fourth-order valence-corrected chi connectivity index (χ4v) is 5.97. The van der Waals surface area contributed by atoms with Gasteiger partial charge in [-0.3, -0.25) is 10.1 Å². The fourth-order valence-electron chi connectivity index (χ4n) is 5.97. The minimum atomic E-state index is -0.319. The molecule has 0 radical (unpaired) electrons. The highest BCUT2D eigenvalue weighted by molar-refractivity contribution is 5.87. The van der Waals surface area contributed by atoms with Crippen molar-refractivity contribution < 1.29 is 4.92 Å². The molecule has 0 N–H and O–H groups in total. The molecule has 0 saturated carbocycles. The van der Waals surface area contributed by atoms with Crippen LogP contribution in [0.1, 0.15) is 90.0 Å². The van der Waals surface area contributed by atoms with Gasteiger partial charge in [-0.25, -0.2) is 0 Å². The van der Waals surface area contributed by atoms with E-state index in [2.05, 4.69) is 97.0 Å². The molecule has 3 heteroatoms. The molecule has 0 fully saturated rings. The molecule has 0 aromatic carbocycles. The lowest BCUT2D eigenvalue weighted by atomic mass is 9.87. The molecule has 0 aliphatic heterocycles. The largest absolute Gasteiger partial charge is 0.259 e. The summed E-state index contributed by atoms with van der Waals surface area (Å²) in [5.41, 5.74) is 14.4. The molecule has 0 aromatic heterocycles. The van der Waals surface area contributed by atoms with Crippen LogP contribution in [0, 0.1) is 30.9 Å². The molecule has 1 unspecified atom stereocenters. The molecule has 3 nitrogen and oxygen atoms in total. The average molecular weight is 478 g/mol. The van der Waals surface area contributed by atoms with Crippen molar-refractivity contribution in [3.05, 3.63) is 109 Å². The quantitative estimate of drug-likeness (QED) is 0.217. The molecule has 5 aliphatic carbocycles. The van der Waals surface area contributed by atoms with Crippen molar-refractivity contribution >= 4 is 6.08 Å². The van der Waals surface area contributed by atoms with E-state index >= 15 is 0 Å². The number of nitro groups is 1. The Morgan fingerprint density at radius 2 is 1.36 bits per heavy atom. The molecule has 0 amide bonds. The van der Waals surface area contributed by atoms with Crippen molar-refractivity contribution in [2.24, 2.45) is 0 Å². The number of hydrogen-bond acceptors (Lipinski definition) is 2. The number of allylic oxidation sites excluding steroid dienone is 1. The van der Waals surface area contributed by atoms with Crippen molar-refractivity contribution in [1.29, 1.82) is 0 Å². The second-order valence-corrected chi connectivity index (χ2v) is 11.2. The maximum absolute atomic E-state index is 12.5. The van der Waals surface area contributed by atoms with E-state index in [-0.39, 0.29) is 16.5 Å². The van der Waals surface area contributed by atoms with Crippen molar-refractivity contribution in [2.45, 2.75) is 72.6 Å². The number of aryl methyl sites for hydroxylation is 3. The molecule has 5 rings (SSSR count). The predicted octanol–water partition coefficient (Wildman–Crippen LogP) is 9.03. The lowest BCUT2D eigenvalue weighted by molar-refractivity contribution is -0.428. The highest BCUT2D eigenvalue weighted by atomic mass is 16.6. The van der Waals surface area contributed by atoms with Crippen LogP contribution in [0.15, 0.2) is 54.2 Å². The summed E-state index contributed by atoms with van der Waals surface area (Å²) in [4.78, 5) is 12.4. The zero-order valence-corrected chi connectivity index (χ0v) is 22.4. The standard InChI is InChI=1S/C33H35NO2/c1-18(2)23-9-8-20(5)32-27(14-23)22(7)13-30(32)29-16-25-11-10-24(19(3)4)15-28-21(6)12-26(33(25)28)17-31(29)34(35)36/h8-15,17-19,29H,16H2,1-7H3. The lowest BCUT2D eigenvalue weighted by Gasteiger charge is -2.16. The highest BCUT2D eigenvalue weighted by Crippen LogP contribution is 2.48. The van der Waals surface area contributed by atoms with Gasteiger partial charge in [0.2, 0.25) is 0 Å². The highest BCUT2D eigenvalue weighted by Gasteiger charge is 2.35. The first kappa shape index (κ1) is 24.2. The maximum atomic E-state index is 12.5. The minimum absolute atomic E-state index is 0.157. The zero-order valence-electron chi connectivity index (χ0n) is 22.4. The van der Waals surface area contributed by atoms with Crippen LogP contribution in [0.2, 0.25) is 0 Å². The minimum Gasteiger partial charge on any atom is -0.259 e. The molecule has 0 aromatic rings. The van der Waals surface area contributed by atoms with E-state index in [0.29, 0.717) is 18.3 Å². The SMILES string of the molecule is Cc1cc2c3c(ccc(C(C)C)cc1-3)CC(c1cc(C)c3cc(C(C)C)ccc(C)c1-3)C([N+](=O)[O-])=C2. The Balaban J connectivity index is 1.76. The molecule has 36 heavy (non-hydrogen) atoms. The van der Waals surface area contributed by atoms with Gasteiger partial charge in [0.05, 0.1) is 10.8 Å². The Hall–Kier alpha value is -3.46. The summed E-state index contributed by atoms with van der Waals surface area (Å²) in [5, 5.41) is 12.5. The van der Waals surface area contributed by atoms with Gasteiger partial charge in [0.1, 0.15) is 0 Å². The third-order valence-corrected chi connectivity index (χ3v) is 8.05. The van der Waals surface area contributed by atoms with E-state index in [1.807, 2.05) is 6.08 Å². The van der Waals surface area contributed by atoms with Gasteiger partial charge < -0.3 is 0 Å². The second-order valence-electron chi connectivity index (χ2n) is 11.2. The molecule has 184 valence electrons. The third kappa shape index (κ3) is 3.91. The van der Waals surface area contributed by atoms with E-state index < -0.39 is 0 Å². The van der Waals surface area contributed by atoms with E-state index in [0.717, 1.165) is 16.7 Å². The van der Waals surface area contributed by atoms with Gasteiger partial charge in [-0.1, -0.05) is 76.2 Å². The molecule has 0 saturated heterocycles. The van der Waals surface area contributed by atoms with Crippen LogP contribution in [-0.2, 0) is 6.42 Å². The topological polar surface area (TPSA) is 43.1 Å². The summed E-state index contributed by atoms with van der Waals surface area (Å²) in [6.45, 7) is 15.2. The van der Waals surface area contributed by atoms with Crippen LogP contribution in [0.3, 0.4) is 0 Å². The maximum Gasteiger partial charge on any atom is 0.254 e. The first-order chi connectivity index (χ1) is 17.1. The van der Waals surface area contributed by atoms with Crippen LogP contribution < -0.4 is 0 Å². The van der Waals surface area contributed by atoms with Gasteiger partial charge in [-0.2, -0.15) is 0 Å². The Morgan fingerprint density at radius 1 is 0.778 bits per heavy atom. The average Bonchev–Trinajstić information content (AvgIpc) is 3.05. The summed E-state index contributed by atoms with van der Waals surface area (Å²) in [5.74, 6) is 0.505. The summed E-state index contributed by atoms with van der Waals surface area (Å²) in [7, 11) is 0. The second kappa shape index (κ2) is 8.89. The van der Waals surface area contributed by atoms with E-state index in [1.165, 1.54) is 50.1 Å². The smallest absolute Gasteiger partial charge is 0.254 e. The summed E-state index contributed by atoms with van der Waals surface area (Å²) in [6, 6.07) is 17.7.